The van der Waals surface area contributed by atoms with Gasteiger partial charge in [0, 0.05) is 35.9 Å². The van der Waals surface area contributed by atoms with E-state index in [1.807, 2.05) is 27.7 Å². The maximum Gasteiger partial charge on any atom is 0.281 e. The summed E-state index contributed by atoms with van der Waals surface area (Å²) in [5.74, 6) is 0.216. The molecule has 1 amide bonds. The smallest absolute Gasteiger partial charge is 0.281 e. The number of rotatable bonds is 5. The highest BCUT2D eigenvalue weighted by atomic mass is 32.1. The molecule has 2 N–H and O–H groups in total. The molecule has 0 saturated carbocycles. The molecule has 9 nitrogen and oxygen atoms in total. The van der Waals surface area contributed by atoms with Gasteiger partial charge in [-0.25, -0.2) is 18.3 Å². The molecule has 1 aliphatic heterocycles. The Bertz CT molecular complexity index is 1260. The van der Waals surface area contributed by atoms with Crippen LogP contribution in [0.5, 0.6) is 0 Å². The highest BCUT2D eigenvalue weighted by Crippen LogP contribution is 2.33. The van der Waals surface area contributed by atoms with Crippen LogP contribution in [0.4, 0.5) is 20.4 Å². The first-order chi connectivity index (χ1) is 17.0. The van der Waals surface area contributed by atoms with Crippen LogP contribution in [0.3, 0.4) is 0 Å². The average Bonchev–Trinajstić information content (AvgIpc) is 3.67. The number of aryl methyl sites for hydroxylation is 1. The van der Waals surface area contributed by atoms with E-state index in [0.29, 0.717) is 32.7 Å². The van der Waals surface area contributed by atoms with Gasteiger partial charge in [0.2, 0.25) is 5.95 Å². The molecule has 1 saturated heterocycles. The lowest BCUT2D eigenvalue weighted by molar-refractivity contribution is 0.102. The predicted molar refractivity (Wildman–Crippen MR) is 134 cm³/mol. The van der Waals surface area contributed by atoms with Crippen LogP contribution in [0.2, 0.25) is 0 Å². The van der Waals surface area contributed by atoms with Crippen LogP contribution in [0.25, 0.3) is 16.2 Å². The highest BCUT2D eigenvalue weighted by molar-refractivity contribution is 7.15. The Hall–Kier alpha value is -3.41. The van der Waals surface area contributed by atoms with Crippen molar-refractivity contribution in [3.8, 4) is 10.6 Å². The molecular weight excluding hydrogens is 474 g/mol. The standard InChI is InChI=1S/C19H18F2N8OS.2C2H6/c1-10-14(16(20)21)25-18(31-10)12-9-22-26-15(12)17(30)23-11-4-7-29-13(8-11)24-19(27-29)28-5-2-3-6-28;2*1-2/h4,7-9,16H,2-3,5-6H2,1H3,(H,22,26)(H,23,30);2*1-2H3. The summed E-state index contributed by atoms with van der Waals surface area (Å²) in [5, 5.41) is 14.1. The minimum Gasteiger partial charge on any atom is -0.340 e. The second-order valence-corrected chi connectivity index (χ2v) is 8.40. The number of aromatic amines is 1. The van der Waals surface area contributed by atoms with Gasteiger partial charge in [0.1, 0.15) is 16.4 Å². The van der Waals surface area contributed by atoms with Crippen LogP contribution in [0.1, 0.15) is 68.0 Å². The zero-order chi connectivity index (χ0) is 25.5. The maximum atomic E-state index is 13.1. The number of aromatic nitrogens is 6. The topological polar surface area (TPSA) is 104 Å². The molecule has 0 aromatic carbocycles. The van der Waals surface area contributed by atoms with Crippen molar-refractivity contribution >= 4 is 34.5 Å². The fourth-order valence-corrected chi connectivity index (χ4v) is 4.48. The molecule has 4 aromatic heterocycles. The Balaban J connectivity index is 0.000000815. The number of halogens is 2. The fourth-order valence-electron chi connectivity index (χ4n) is 3.54. The zero-order valence-electron chi connectivity index (χ0n) is 20.5. The number of hydrogen-bond donors (Lipinski definition) is 2. The Morgan fingerprint density at radius 3 is 2.54 bits per heavy atom. The number of carbonyl (C=O) groups excluding carboxylic acids is 1. The number of hydrogen-bond acceptors (Lipinski definition) is 7. The van der Waals surface area contributed by atoms with Crippen molar-refractivity contribution in [3.63, 3.8) is 0 Å². The SMILES string of the molecule is CC.CC.Cc1sc(-c2cn[nH]c2C(=O)Nc2ccn3nc(N4CCCC4)nc3c2)nc1C(F)F. The Labute approximate surface area is 206 Å². The van der Waals surface area contributed by atoms with Gasteiger partial charge in [-0.3, -0.25) is 9.89 Å². The lowest BCUT2D eigenvalue weighted by Crippen LogP contribution is -2.19. The van der Waals surface area contributed by atoms with Crippen LogP contribution in [-0.2, 0) is 0 Å². The second-order valence-electron chi connectivity index (χ2n) is 7.20. The van der Waals surface area contributed by atoms with E-state index >= 15 is 0 Å². The summed E-state index contributed by atoms with van der Waals surface area (Å²) in [7, 11) is 0. The van der Waals surface area contributed by atoms with Crippen molar-refractivity contribution in [2.24, 2.45) is 0 Å². The first kappa shape index (κ1) is 26.2. The molecule has 188 valence electrons. The van der Waals surface area contributed by atoms with Crippen LogP contribution in [0.15, 0.2) is 24.5 Å². The zero-order valence-corrected chi connectivity index (χ0v) is 21.3. The molecule has 0 radical (unpaired) electrons. The molecule has 5 heterocycles. The Morgan fingerprint density at radius 2 is 1.89 bits per heavy atom. The van der Waals surface area contributed by atoms with E-state index in [2.05, 4.69) is 35.5 Å². The van der Waals surface area contributed by atoms with Crippen LogP contribution >= 0.6 is 11.3 Å². The van der Waals surface area contributed by atoms with Crippen LogP contribution in [-0.4, -0.2) is 48.8 Å². The Kier molecular flexibility index (Phi) is 8.85. The molecule has 0 atom stereocenters. The minimum atomic E-state index is -2.67. The number of fused-ring (bicyclic) bond motifs is 1. The minimum absolute atomic E-state index is 0.147. The number of carbonyl (C=O) groups is 1. The normalized spacial score (nSPS) is 12.9. The molecule has 1 aliphatic rings. The predicted octanol–water partition coefficient (Wildman–Crippen LogP) is 5.73. The summed E-state index contributed by atoms with van der Waals surface area (Å²) in [5.41, 5.74) is 1.38. The lowest BCUT2D eigenvalue weighted by atomic mass is 10.2. The van der Waals surface area contributed by atoms with E-state index in [1.54, 1.807) is 29.8 Å². The quantitative estimate of drug-likeness (QED) is 0.360. The molecule has 12 heteroatoms. The van der Waals surface area contributed by atoms with Crippen molar-refractivity contribution in [1.29, 1.82) is 0 Å². The summed E-state index contributed by atoms with van der Waals surface area (Å²) in [6, 6.07) is 3.44. The number of nitrogens with zero attached hydrogens (tertiary/aromatic N) is 6. The Morgan fingerprint density at radius 1 is 1.17 bits per heavy atom. The van der Waals surface area contributed by atoms with Crippen LogP contribution in [0, 0.1) is 6.92 Å². The third kappa shape index (κ3) is 5.64. The van der Waals surface area contributed by atoms with Crippen molar-refractivity contribution in [3.05, 3.63) is 40.8 Å². The van der Waals surface area contributed by atoms with Gasteiger partial charge in [-0.1, -0.05) is 27.7 Å². The van der Waals surface area contributed by atoms with Gasteiger partial charge < -0.3 is 10.2 Å². The van der Waals surface area contributed by atoms with E-state index in [4.69, 9.17) is 0 Å². The van der Waals surface area contributed by atoms with Gasteiger partial charge in [0.15, 0.2) is 5.65 Å². The molecule has 35 heavy (non-hydrogen) atoms. The molecule has 0 bridgehead atoms. The first-order valence-electron chi connectivity index (χ1n) is 11.7. The molecular formula is C23H30F2N8OS. The first-order valence-corrected chi connectivity index (χ1v) is 12.5. The summed E-state index contributed by atoms with van der Waals surface area (Å²) in [4.78, 5) is 23.9. The molecule has 1 fully saturated rings. The number of thiazole rings is 1. The number of nitrogens with one attached hydrogen (secondary N) is 2. The summed E-state index contributed by atoms with van der Waals surface area (Å²) in [6.45, 7) is 11.5. The summed E-state index contributed by atoms with van der Waals surface area (Å²) in [6.07, 6.45) is 2.72. The average molecular weight is 505 g/mol. The number of amides is 1. The fraction of sp³-hybridized carbons (Fsp3) is 0.435. The van der Waals surface area contributed by atoms with Crippen molar-refractivity contribution in [1.82, 2.24) is 29.8 Å². The van der Waals surface area contributed by atoms with Crippen molar-refractivity contribution < 1.29 is 13.6 Å². The number of alkyl halides is 2. The molecule has 0 spiro atoms. The van der Waals surface area contributed by atoms with E-state index in [-0.39, 0.29) is 11.4 Å². The van der Waals surface area contributed by atoms with Gasteiger partial charge in [0.05, 0.1) is 11.8 Å². The van der Waals surface area contributed by atoms with Crippen molar-refractivity contribution in [2.75, 3.05) is 23.3 Å². The highest BCUT2D eigenvalue weighted by Gasteiger charge is 2.23. The van der Waals surface area contributed by atoms with Gasteiger partial charge in [-0.2, -0.15) is 10.1 Å². The van der Waals surface area contributed by atoms with Gasteiger partial charge in [-0.05, 0) is 25.8 Å². The molecule has 0 aliphatic carbocycles. The van der Waals surface area contributed by atoms with Gasteiger partial charge >= 0.3 is 0 Å². The van der Waals surface area contributed by atoms with E-state index in [1.165, 1.54) is 6.20 Å². The molecule has 5 rings (SSSR count). The van der Waals surface area contributed by atoms with Gasteiger partial charge in [0.25, 0.3) is 12.3 Å². The van der Waals surface area contributed by atoms with E-state index in [9.17, 15) is 13.6 Å². The number of H-pyrrole nitrogens is 1. The summed E-state index contributed by atoms with van der Waals surface area (Å²) >= 11 is 1.10. The molecule has 0 unspecified atom stereocenters. The third-order valence-corrected chi connectivity index (χ3v) is 6.13. The van der Waals surface area contributed by atoms with E-state index in [0.717, 1.165) is 37.3 Å². The van der Waals surface area contributed by atoms with Crippen molar-refractivity contribution in [2.45, 2.75) is 53.9 Å². The molecule has 4 aromatic rings. The number of anilines is 2. The largest absolute Gasteiger partial charge is 0.340 e. The lowest BCUT2D eigenvalue weighted by Gasteiger charge is -2.10. The maximum absolute atomic E-state index is 13.1. The van der Waals surface area contributed by atoms with E-state index < -0.39 is 12.3 Å². The second kappa shape index (κ2) is 11.8. The third-order valence-electron chi connectivity index (χ3n) is 5.11. The summed E-state index contributed by atoms with van der Waals surface area (Å²) < 4.78 is 27.8. The van der Waals surface area contributed by atoms with Crippen LogP contribution < -0.4 is 10.2 Å². The monoisotopic (exact) mass is 504 g/mol. The van der Waals surface area contributed by atoms with Gasteiger partial charge in [-0.15, -0.1) is 16.4 Å². The number of pyridine rings is 1.